The van der Waals surface area contributed by atoms with Crippen LogP contribution in [-0.2, 0) is 4.79 Å². The van der Waals surface area contributed by atoms with E-state index in [1.54, 1.807) is 0 Å². The number of aromatic nitrogens is 3. The van der Waals surface area contributed by atoms with E-state index >= 15 is 0 Å². The van der Waals surface area contributed by atoms with Crippen LogP contribution in [0.5, 0.6) is 0 Å². The molecule has 0 fully saturated rings. The summed E-state index contributed by atoms with van der Waals surface area (Å²) in [6, 6.07) is 12.3. The number of nitrogens with zero attached hydrogens (tertiary/aromatic N) is 3. The summed E-state index contributed by atoms with van der Waals surface area (Å²) in [6.45, 7) is 10.1. The van der Waals surface area contributed by atoms with Gasteiger partial charge in [-0.2, -0.15) is 0 Å². The summed E-state index contributed by atoms with van der Waals surface area (Å²) in [5.74, 6) is 1.02. The van der Waals surface area contributed by atoms with Crippen molar-refractivity contribution in [2.45, 2.75) is 39.8 Å². The quantitative estimate of drug-likeness (QED) is 0.660. The van der Waals surface area contributed by atoms with Crippen molar-refractivity contribution < 1.29 is 4.79 Å². The van der Waals surface area contributed by atoms with Gasteiger partial charge in [0, 0.05) is 11.4 Å². The Balaban J connectivity index is 1.73. The van der Waals surface area contributed by atoms with E-state index in [4.69, 9.17) is 0 Å². The minimum atomic E-state index is -0.0581. The fourth-order valence-corrected chi connectivity index (χ4v) is 3.77. The first-order valence-corrected chi connectivity index (χ1v) is 9.82. The molecule has 0 radical (unpaired) electrons. The first kappa shape index (κ1) is 19.2. The van der Waals surface area contributed by atoms with Crippen LogP contribution < -0.4 is 5.32 Å². The van der Waals surface area contributed by atoms with Crippen molar-refractivity contribution in [2.24, 2.45) is 0 Å². The second-order valence-corrected chi connectivity index (χ2v) is 7.79. The Morgan fingerprint density at radius 3 is 2.33 bits per heavy atom. The van der Waals surface area contributed by atoms with Crippen molar-refractivity contribution in [1.82, 2.24) is 14.8 Å². The second-order valence-electron chi connectivity index (χ2n) is 6.85. The van der Waals surface area contributed by atoms with Gasteiger partial charge in [-0.3, -0.25) is 9.36 Å². The van der Waals surface area contributed by atoms with Crippen molar-refractivity contribution in [2.75, 3.05) is 11.1 Å². The lowest BCUT2D eigenvalue weighted by atomic mass is 10.1. The van der Waals surface area contributed by atoms with Gasteiger partial charge in [0.25, 0.3) is 0 Å². The lowest BCUT2D eigenvalue weighted by molar-refractivity contribution is -0.113. The predicted molar refractivity (Wildman–Crippen MR) is 111 cm³/mol. The molecule has 1 heterocycles. The summed E-state index contributed by atoms with van der Waals surface area (Å²) >= 11 is 1.39. The third-order valence-electron chi connectivity index (χ3n) is 4.38. The maximum atomic E-state index is 12.4. The van der Waals surface area contributed by atoms with E-state index in [1.807, 2.05) is 37.5 Å². The van der Waals surface area contributed by atoms with Gasteiger partial charge >= 0.3 is 0 Å². The smallest absolute Gasteiger partial charge is 0.234 e. The average Bonchev–Trinajstić information content (AvgIpc) is 2.95. The molecule has 0 unspecified atom stereocenters. The number of anilines is 1. The van der Waals surface area contributed by atoms with Gasteiger partial charge in [-0.05, 0) is 81.1 Å². The van der Waals surface area contributed by atoms with E-state index in [0.717, 1.165) is 28.3 Å². The highest BCUT2D eigenvalue weighted by Crippen LogP contribution is 2.24. The summed E-state index contributed by atoms with van der Waals surface area (Å²) in [7, 11) is 0. The topological polar surface area (TPSA) is 59.8 Å². The Morgan fingerprint density at radius 1 is 0.963 bits per heavy atom. The maximum absolute atomic E-state index is 12.4. The molecule has 1 N–H and O–H groups in total. The van der Waals surface area contributed by atoms with Crippen LogP contribution in [0.25, 0.3) is 5.69 Å². The molecule has 27 heavy (non-hydrogen) atoms. The Hall–Kier alpha value is -2.60. The summed E-state index contributed by atoms with van der Waals surface area (Å²) < 4.78 is 1.99. The van der Waals surface area contributed by atoms with Crippen LogP contribution in [0.3, 0.4) is 0 Å². The first-order chi connectivity index (χ1) is 12.8. The van der Waals surface area contributed by atoms with Gasteiger partial charge in [-0.15, -0.1) is 10.2 Å². The molecule has 0 saturated heterocycles. The van der Waals surface area contributed by atoms with Crippen LogP contribution in [0, 0.1) is 34.6 Å². The Morgan fingerprint density at radius 2 is 1.67 bits per heavy atom. The molecule has 140 valence electrons. The monoisotopic (exact) mass is 380 g/mol. The van der Waals surface area contributed by atoms with Gasteiger partial charge in [0.15, 0.2) is 5.16 Å². The van der Waals surface area contributed by atoms with Gasteiger partial charge in [0.1, 0.15) is 5.82 Å². The Labute approximate surface area is 164 Å². The number of amides is 1. The molecular weight excluding hydrogens is 356 g/mol. The summed E-state index contributed by atoms with van der Waals surface area (Å²) in [5.41, 5.74) is 6.55. The molecule has 0 saturated carbocycles. The minimum Gasteiger partial charge on any atom is -0.325 e. The molecule has 0 spiro atoms. The van der Waals surface area contributed by atoms with E-state index in [9.17, 15) is 4.79 Å². The molecule has 3 rings (SSSR count). The zero-order chi connectivity index (χ0) is 19.6. The average molecular weight is 381 g/mol. The molecule has 2 aromatic carbocycles. The van der Waals surface area contributed by atoms with Crippen molar-refractivity contribution in [3.63, 3.8) is 0 Å². The van der Waals surface area contributed by atoms with Crippen LogP contribution in [0.1, 0.15) is 28.1 Å². The number of aryl methyl sites for hydroxylation is 5. The van der Waals surface area contributed by atoms with E-state index < -0.39 is 0 Å². The lowest BCUT2D eigenvalue weighted by Gasteiger charge is -2.11. The number of carbonyl (C=O) groups excluding carboxylic acids is 1. The molecule has 0 atom stereocenters. The molecule has 0 aliphatic heterocycles. The Kier molecular flexibility index (Phi) is 5.65. The SMILES string of the molecule is Cc1cc(C)cc(NC(=O)CSc2nnc(C)n2-c2ccc(C)c(C)c2)c1. The highest BCUT2D eigenvalue weighted by atomic mass is 32.2. The second kappa shape index (κ2) is 7.96. The number of hydrogen-bond donors (Lipinski definition) is 1. The molecule has 3 aromatic rings. The van der Waals surface area contributed by atoms with E-state index in [-0.39, 0.29) is 11.7 Å². The van der Waals surface area contributed by atoms with E-state index in [0.29, 0.717) is 5.16 Å². The molecule has 5 nitrogen and oxygen atoms in total. The third-order valence-corrected chi connectivity index (χ3v) is 5.31. The van der Waals surface area contributed by atoms with Crippen LogP contribution >= 0.6 is 11.8 Å². The highest BCUT2D eigenvalue weighted by molar-refractivity contribution is 7.99. The Bertz CT molecular complexity index is 974. The molecule has 1 amide bonds. The van der Waals surface area contributed by atoms with Gasteiger partial charge in [0.05, 0.1) is 5.75 Å². The van der Waals surface area contributed by atoms with Crippen molar-refractivity contribution >= 4 is 23.4 Å². The molecule has 0 aliphatic rings. The van der Waals surface area contributed by atoms with Gasteiger partial charge in [-0.1, -0.05) is 23.9 Å². The summed E-state index contributed by atoms with van der Waals surface area (Å²) in [6.07, 6.45) is 0. The maximum Gasteiger partial charge on any atom is 0.234 e. The number of benzene rings is 2. The number of thioether (sulfide) groups is 1. The van der Waals surface area contributed by atoms with E-state index in [1.165, 1.54) is 22.9 Å². The number of hydrogen-bond acceptors (Lipinski definition) is 4. The van der Waals surface area contributed by atoms with Crippen LogP contribution in [0.15, 0.2) is 41.6 Å². The molecular formula is C21H24N4OS. The van der Waals surface area contributed by atoms with Crippen molar-refractivity contribution in [3.8, 4) is 5.69 Å². The highest BCUT2D eigenvalue weighted by Gasteiger charge is 2.14. The number of carbonyl (C=O) groups is 1. The summed E-state index contributed by atoms with van der Waals surface area (Å²) in [5, 5.41) is 12.1. The van der Waals surface area contributed by atoms with E-state index in [2.05, 4.69) is 53.6 Å². The largest absolute Gasteiger partial charge is 0.325 e. The molecule has 1 aromatic heterocycles. The van der Waals surface area contributed by atoms with Gasteiger partial charge in [-0.25, -0.2) is 0 Å². The van der Waals surface area contributed by atoms with Crippen molar-refractivity contribution in [3.05, 3.63) is 64.5 Å². The minimum absolute atomic E-state index is 0.0581. The fraction of sp³-hybridized carbons (Fsp3) is 0.286. The van der Waals surface area contributed by atoms with Crippen LogP contribution in [-0.4, -0.2) is 26.4 Å². The molecule has 0 bridgehead atoms. The van der Waals surface area contributed by atoms with Crippen LogP contribution in [0.2, 0.25) is 0 Å². The number of nitrogens with one attached hydrogen (secondary N) is 1. The standard InChI is InChI=1S/C21H24N4OS/c1-13-8-14(2)10-18(9-13)22-20(26)12-27-21-24-23-17(5)25(21)19-7-6-15(3)16(4)11-19/h6-11H,12H2,1-5H3,(H,22,26). The zero-order valence-corrected chi connectivity index (χ0v) is 17.1. The summed E-state index contributed by atoms with van der Waals surface area (Å²) in [4.78, 5) is 12.4. The normalized spacial score (nSPS) is 10.9. The van der Waals surface area contributed by atoms with Gasteiger partial charge < -0.3 is 5.32 Å². The molecule has 0 aliphatic carbocycles. The lowest BCUT2D eigenvalue weighted by Crippen LogP contribution is -2.14. The third kappa shape index (κ3) is 4.57. The van der Waals surface area contributed by atoms with Crippen molar-refractivity contribution in [1.29, 1.82) is 0 Å². The first-order valence-electron chi connectivity index (χ1n) is 8.84. The number of rotatable bonds is 5. The fourth-order valence-electron chi connectivity index (χ4n) is 2.97. The van der Waals surface area contributed by atoms with Gasteiger partial charge in [0.2, 0.25) is 5.91 Å². The zero-order valence-electron chi connectivity index (χ0n) is 16.3. The van der Waals surface area contributed by atoms with Crippen LogP contribution in [0.4, 0.5) is 5.69 Å². The molecule has 6 heteroatoms. The predicted octanol–water partition coefficient (Wildman–Crippen LogP) is 4.54.